The molecule has 28 heavy (non-hydrogen) atoms. The molecule has 0 radical (unpaired) electrons. The van der Waals surface area contributed by atoms with Gasteiger partial charge in [-0.3, -0.25) is 0 Å². The molecular formula is C20H14BrN4O2P. The highest BCUT2D eigenvalue weighted by atomic mass is 79.9. The van der Waals surface area contributed by atoms with Crippen LogP contribution in [-0.2, 0) is 0 Å². The summed E-state index contributed by atoms with van der Waals surface area (Å²) in [7, 11) is 0.487. The van der Waals surface area contributed by atoms with Crippen LogP contribution < -0.4 is 4.74 Å². The van der Waals surface area contributed by atoms with Crippen LogP contribution in [0.3, 0.4) is 0 Å². The minimum absolute atomic E-state index is 0.487. The molecule has 0 saturated heterocycles. The molecule has 8 heteroatoms. The number of nitrogens with zero attached hydrogens (tertiary/aromatic N) is 4. The number of aromatic nitrogens is 4. The van der Waals surface area contributed by atoms with Crippen molar-refractivity contribution in [3.05, 3.63) is 65.4 Å². The fourth-order valence-electron chi connectivity index (χ4n) is 3.00. The van der Waals surface area contributed by atoms with Gasteiger partial charge in [-0.15, -0.1) is 0 Å². The molecule has 0 fully saturated rings. The number of hydrogen-bond acceptors (Lipinski definition) is 5. The Balaban J connectivity index is 1.47. The van der Waals surface area contributed by atoms with Crippen LogP contribution in [0.15, 0.2) is 69.8 Å². The van der Waals surface area contributed by atoms with E-state index in [0.29, 0.717) is 26.1 Å². The van der Waals surface area contributed by atoms with Crippen molar-refractivity contribution in [3.8, 4) is 23.0 Å². The summed E-state index contributed by atoms with van der Waals surface area (Å²) < 4.78 is 14.5. The number of rotatable bonds is 4. The molecule has 3 aromatic heterocycles. The van der Waals surface area contributed by atoms with E-state index in [1.165, 1.54) is 0 Å². The number of oxazole rings is 1. The molecule has 2 aromatic carbocycles. The molecule has 0 N–H and O–H groups in total. The van der Waals surface area contributed by atoms with Crippen LogP contribution in [0.2, 0.25) is 0 Å². The second-order valence-electron chi connectivity index (χ2n) is 6.05. The average Bonchev–Trinajstić information content (AvgIpc) is 3.30. The van der Waals surface area contributed by atoms with Gasteiger partial charge in [-0.05, 0) is 59.0 Å². The Hall–Kier alpha value is -2.76. The summed E-state index contributed by atoms with van der Waals surface area (Å²) in [5.74, 6) is 2.01. The zero-order chi connectivity index (χ0) is 19.1. The van der Waals surface area contributed by atoms with Crippen molar-refractivity contribution in [2.75, 3.05) is 6.66 Å². The minimum atomic E-state index is 0.487. The van der Waals surface area contributed by atoms with E-state index in [0.717, 1.165) is 32.3 Å². The normalized spacial score (nSPS) is 11.8. The van der Waals surface area contributed by atoms with Crippen molar-refractivity contribution < 1.29 is 9.15 Å². The Labute approximate surface area is 170 Å². The fourth-order valence-corrected chi connectivity index (χ4v) is 4.26. The van der Waals surface area contributed by atoms with E-state index in [4.69, 9.17) is 9.15 Å². The van der Waals surface area contributed by atoms with Crippen LogP contribution in [0.5, 0.6) is 11.5 Å². The number of fused-ring (bicyclic) bond motifs is 2. The van der Waals surface area contributed by atoms with Gasteiger partial charge in [-0.1, -0.05) is 12.1 Å². The topological polar surface area (TPSA) is 66.0 Å². The maximum atomic E-state index is 6.11. The molecular weight excluding hydrogens is 439 g/mol. The number of benzene rings is 2. The molecule has 6 nitrogen and oxygen atoms in total. The van der Waals surface area contributed by atoms with Gasteiger partial charge in [0.05, 0.1) is 5.39 Å². The lowest BCUT2D eigenvalue weighted by Crippen LogP contribution is -1.89. The third-order valence-corrected chi connectivity index (χ3v) is 5.61. The molecule has 138 valence electrons. The Morgan fingerprint density at radius 3 is 2.68 bits per heavy atom. The number of hydrogen-bond donors (Lipinski definition) is 0. The van der Waals surface area contributed by atoms with Gasteiger partial charge in [0.2, 0.25) is 5.89 Å². The van der Waals surface area contributed by atoms with Gasteiger partial charge in [0, 0.05) is 26.6 Å². The van der Waals surface area contributed by atoms with E-state index >= 15 is 0 Å². The molecule has 0 amide bonds. The summed E-state index contributed by atoms with van der Waals surface area (Å²) in [5.41, 5.74) is 3.31. The number of para-hydroxylation sites is 2. The predicted octanol–water partition coefficient (Wildman–Crippen LogP) is 5.87. The summed E-state index contributed by atoms with van der Waals surface area (Å²) in [5, 5.41) is 5.33. The van der Waals surface area contributed by atoms with Crippen molar-refractivity contribution in [1.82, 2.24) is 19.5 Å². The average molecular weight is 453 g/mol. The summed E-state index contributed by atoms with van der Waals surface area (Å²) in [6.07, 6.45) is 1.73. The summed E-state index contributed by atoms with van der Waals surface area (Å²) in [6, 6.07) is 17.2. The van der Waals surface area contributed by atoms with Gasteiger partial charge in [-0.2, -0.15) is 5.10 Å². The molecule has 0 spiro atoms. The first kappa shape index (κ1) is 17.3. The van der Waals surface area contributed by atoms with Gasteiger partial charge in [-0.25, -0.2) is 14.4 Å². The minimum Gasteiger partial charge on any atom is -0.456 e. The molecule has 0 aliphatic carbocycles. The van der Waals surface area contributed by atoms with E-state index < -0.39 is 0 Å². The second-order valence-corrected chi connectivity index (χ2v) is 7.67. The SMILES string of the molecule is CPn1nc(Br)c2c(Oc3ccc(-c4nc5ccccc5o4)cc3)ccnc21. The Bertz CT molecular complexity index is 1260. The third-order valence-electron chi connectivity index (χ3n) is 4.32. The second kappa shape index (κ2) is 7.00. The number of pyridine rings is 1. The Kier molecular flexibility index (Phi) is 4.34. The van der Waals surface area contributed by atoms with E-state index in [1.807, 2.05) is 59.0 Å². The fraction of sp³-hybridized carbons (Fsp3) is 0.0500. The quantitative estimate of drug-likeness (QED) is 0.319. The van der Waals surface area contributed by atoms with Crippen molar-refractivity contribution in [2.24, 2.45) is 0 Å². The van der Waals surface area contributed by atoms with Crippen molar-refractivity contribution in [3.63, 3.8) is 0 Å². The smallest absolute Gasteiger partial charge is 0.227 e. The summed E-state index contributed by atoms with van der Waals surface area (Å²) >= 11 is 3.51. The van der Waals surface area contributed by atoms with Gasteiger partial charge in [0.1, 0.15) is 21.6 Å². The molecule has 0 aliphatic rings. The van der Waals surface area contributed by atoms with Crippen LogP contribution in [0.25, 0.3) is 33.6 Å². The molecule has 3 heterocycles. The van der Waals surface area contributed by atoms with Crippen molar-refractivity contribution in [2.45, 2.75) is 0 Å². The molecule has 0 bridgehead atoms. The number of ether oxygens (including phenoxy) is 1. The van der Waals surface area contributed by atoms with Crippen molar-refractivity contribution in [1.29, 1.82) is 0 Å². The van der Waals surface area contributed by atoms with E-state index in [2.05, 4.69) is 37.7 Å². The Morgan fingerprint density at radius 2 is 1.89 bits per heavy atom. The third kappa shape index (κ3) is 2.97. The highest BCUT2D eigenvalue weighted by Gasteiger charge is 2.15. The van der Waals surface area contributed by atoms with Crippen LogP contribution in [-0.4, -0.2) is 26.2 Å². The summed E-state index contributed by atoms with van der Waals surface area (Å²) in [6.45, 7) is 2.05. The molecule has 0 aliphatic heterocycles. The van der Waals surface area contributed by atoms with Gasteiger partial charge in [0.15, 0.2) is 11.2 Å². The first-order valence-electron chi connectivity index (χ1n) is 8.58. The molecule has 1 unspecified atom stereocenters. The maximum absolute atomic E-state index is 6.11. The first-order chi connectivity index (χ1) is 13.7. The summed E-state index contributed by atoms with van der Waals surface area (Å²) in [4.78, 5) is 8.96. The van der Waals surface area contributed by atoms with Crippen LogP contribution in [0.4, 0.5) is 0 Å². The monoisotopic (exact) mass is 452 g/mol. The zero-order valence-electron chi connectivity index (χ0n) is 14.8. The molecule has 5 aromatic rings. The lowest BCUT2D eigenvalue weighted by Gasteiger charge is -2.07. The predicted molar refractivity (Wildman–Crippen MR) is 114 cm³/mol. The van der Waals surface area contributed by atoms with E-state index in [-0.39, 0.29) is 0 Å². The van der Waals surface area contributed by atoms with Gasteiger partial charge < -0.3 is 9.15 Å². The van der Waals surface area contributed by atoms with E-state index in [1.54, 1.807) is 6.20 Å². The highest BCUT2D eigenvalue weighted by Crippen LogP contribution is 2.36. The van der Waals surface area contributed by atoms with Crippen molar-refractivity contribution >= 4 is 46.8 Å². The highest BCUT2D eigenvalue weighted by molar-refractivity contribution is 9.10. The van der Waals surface area contributed by atoms with Crippen LogP contribution in [0.1, 0.15) is 0 Å². The lowest BCUT2D eigenvalue weighted by molar-refractivity contribution is 0.487. The molecule has 0 saturated carbocycles. The zero-order valence-corrected chi connectivity index (χ0v) is 17.3. The van der Waals surface area contributed by atoms with Crippen LogP contribution >= 0.6 is 24.7 Å². The number of halogens is 1. The van der Waals surface area contributed by atoms with Crippen LogP contribution in [0, 0.1) is 0 Å². The van der Waals surface area contributed by atoms with Gasteiger partial charge >= 0.3 is 0 Å². The largest absolute Gasteiger partial charge is 0.456 e. The standard InChI is InChI=1S/C20H14BrN4O2P/c1-28-25-19-17(18(21)24-25)16(10-11-22-19)26-13-8-6-12(7-9-13)20-23-14-4-2-3-5-15(14)27-20/h2-11,28H,1H3. The Morgan fingerprint density at radius 1 is 1.07 bits per heavy atom. The van der Waals surface area contributed by atoms with Gasteiger partial charge in [0.25, 0.3) is 0 Å². The lowest BCUT2D eigenvalue weighted by atomic mass is 10.2. The molecule has 5 rings (SSSR count). The first-order valence-corrected chi connectivity index (χ1v) is 10.8. The van der Waals surface area contributed by atoms with E-state index in [9.17, 15) is 0 Å². The molecule has 1 atom stereocenters. The maximum Gasteiger partial charge on any atom is 0.227 e.